The highest BCUT2D eigenvalue weighted by molar-refractivity contribution is 6.31. The molecule has 6 nitrogen and oxygen atoms in total. The molecule has 1 aliphatic rings. The van der Waals surface area contributed by atoms with Crippen LogP contribution in [0.5, 0.6) is 0 Å². The van der Waals surface area contributed by atoms with E-state index in [0.29, 0.717) is 26.2 Å². The summed E-state index contributed by atoms with van der Waals surface area (Å²) in [5, 5.41) is 2.45. The van der Waals surface area contributed by atoms with Gasteiger partial charge < -0.3 is 19.9 Å². The van der Waals surface area contributed by atoms with E-state index in [2.05, 4.69) is 5.32 Å². The molecule has 22 heavy (non-hydrogen) atoms. The van der Waals surface area contributed by atoms with Gasteiger partial charge in [0, 0.05) is 38.9 Å². The molecular formula is C14H17ClFN3O3. The average Bonchev–Trinajstić information content (AvgIpc) is 2.55. The Bertz CT molecular complexity index is 562. The average molecular weight is 330 g/mol. The fraction of sp³-hybridized carbons (Fsp3) is 0.429. The van der Waals surface area contributed by atoms with Crippen molar-refractivity contribution in [3.05, 3.63) is 29.0 Å². The summed E-state index contributed by atoms with van der Waals surface area (Å²) < 4.78 is 18.1. The number of benzene rings is 1. The van der Waals surface area contributed by atoms with E-state index in [9.17, 15) is 14.0 Å². The molecule has 1 N–H and O–H groups in total. The van der Waals surface area contributed by atoms with Crippen molar-refractivity contribution >= 4 is 29.3 Å². The lowest BCUT2D eigenvalue weighted by Gasteiger charge is -2.35. The first-order chi connectivity index (χ1) is 10.5. The minimum Gasteiger partial charge on any atom is -0.439 e. The summed E-state index contributed by atoms with van der Waals surface area (Å²) >= 11 is 5.77. The molecule has 2 amide bonds. The lowest BCUT2D eigenvalue weighted by Crippen LogP contribution is -2.49. The number of amides is 2. The predicted octanol–water partition coefficient (Wildman–Crippen LogP) is 1.48. The van der Waals surface area contributed by atoms with Crippen molar-refractivity contribution in [2.24, 2.45) is 0 Å². The molecule has 0 saturated carbocycles. The third-order valence-corrected chi connectivity index (χ3v) is 3.70. The van der Waals surface area contributed by atoms with Crippen molar-refractivity contribution in [1.82, 2.24) is 10.2 Å². The van der Waals surface area contributed by atoms with Crippen LogP contribution in [-0.2, 0) is 9.53 Å². The monoisotopic (exact) mass is 329 g/mol. The van der Waals surface area contributed by atoms with E-state index in [0.717, 1.165) is 5.69 Å². The number of nitrogens with one attached hydrogen (secondary N) is 1. The second kappa shape index (κ2) is 7.31. The fourth-order valence-corrected chi connectivity index (χ4v) is 2.29. The van der Waals surface area contributed by atoms with E-state index in [1.54, 1.807) is 12.1 Å². The van der Waals surface area contributed by atoms with Crippen LogP contribution in [0.3, 0.4) is 0 Å². The first kappa shape index (κ1) is 16.4. The van der Waals surface area contributed by atoms with Gasteiger partial charge in [-0.1, -0.05) is 11.6 Å². The van der Waals surface area contributed by atoms with Gasteiger partial charge in [-0.3, -0.25) is 4.79 Å². The van der Waals surface area contributed by atoms with Crippen molar-refractivity contribution in [1.29, 1.82) is 0 Å². The Kier molecular flexibility index (Phi) is 5.43. The molecule has 0 aromatic heterocycles. The third kappa shape index (κ3) is 4.00. The number of hydrogen-bond acceptors (Lipinski definition) is 4. The molecule has 1 heterocycles. The Morgan fingerprint density at radius 1 is 1.32 bits per heavy atom. The second-order valence-electron chi connectivity index (χ2n) is 4.80. The van der Waals surface area contributed by atoms with Crippen LogP contribution in [0.25, 0.3) is 0 Å². The van der Waals surface area contributed by atoms with Gasteiger partial charge in [-0.05, 0) is 18.2 Å². The zero-order chi connectivity index (χ0) is 16.1. The van der Waals surface area contributed by atoms with Gasteiger partial charge in [0.1, 0.15) is 5.82 Å². The first-order valence-corrected chi connectivity index (χ1v) is 7.21. The van der Waals surface area contributed by atoms with Crippen molar-refractivity contribution in [3.8, 4) is 0 Å². The Morgan fingerprint density at radius 2 is 2.00 bits per heavy atom. The molecule has 8 heteroatoms. The maximum atomic E-state index is 13.2. The number of anilines is 1. The third-order valence-electron chi connectivity index (χ3n) is 3.41. The lowest BCUT2D eigenvalue weighted by atomic mass is 10.2. The molecule has 0 bridgehead atoms. The molecule has 1 aromatic carbocycles. The number of halogens is 2. The zero-order valence-electron chi connectivity index (χ0n) is 12.1. The van der Waals surface area contributed by atoms with E-state index in [-0.39, 0.29) is 17.5 Å². The Balaban J connectivity index is 1.86. The minimum absolute atomic E-state index is 0.0740. The summed E-state index contributed by atoms with van der Waals surface area (Å²) in [5.74, 6) is -0.810. The molecule has 0 atom stereocenters. The minimum atomic E-state index is -0.514. The fourth-order valence-electron chi connectivity index (χ4n) is 2.12. The topological polar surface area (TPSA) is 61.9 Å². The molecule has 1 fully saturated rings. The predicted molar refractivity (Wildman–Crippen MR) is 80.6 cm³/mol. The van der Waals surface area contributed by atoms with Crippen LogP contribution in [0.1, 0.15) is 0 Å². The van der Waals surface area contributed by atoms with Crippen molar-refractivity contribution in [2.45, 2.75) is 0 Å². The Morgan fingerprint density at radius 3 is 2.59 bits per heavy atom. The number of likely N-dealkylation sites (N-methyl/N-ethyl adjacent to an activating group) is 1. The van der Waals surface area contributed by atoms with Gasteiger partial charge in [0.2, 0.25) is 0 Å². The van der Waals surface area contributed by atoms with E-state index in [4.69, 9.17) is 16.3 Å². The molecule has 0 aliphatic carbocycles. The summed E-state index contributed by atoms with van der Waals surface area (Å²) in [5.41, 5.74) is 0.810. The molecule has 120 valence electrons. The standard InChI is InChI=1S/C14H17ClFN3O3/c1-17-13(20)9-22-14(21)19-6-4-18(5-7-19)10-2-3-12(16)11(15)8-10/h2-3,8H,4-7,9H2,1H3,(H,17,20). The maximum absolute atomic E-state index is 13.2. The van der Waals surface area contributed by atoms with Crippen molar-refractivity contribution in [2.75, 3.05) is 44.7 Å². The van der Waals surface area contributed by atoms with E-state index < -0.39 is 11.9 Å². The van der Waals surface area contributed by atoms with Gasteiger partial charge in [-0.15, -0.1) is 0 Å². The van der Waals surface area contributed by atoms with Gasteiger partial charge in [0.25, 0.3) is 5.91 Å². The zero-order valence-corrected chi connectivity index (χ0v) is 12.9. The van der Waals surface area contributed by atoms with Crippen molar-refractivity contribution < 1.29 is 18.7 Å². The van der Waals surface area contributed by atoms with Crippen LogP contribution in [-0.4, -0.2) is 56.7 Å². The molecule has 1 aliphatic heterocycles. The van der Waals surface area contributed by atoms with Gasteiger partial charge in [-0.25, -0.2) is 9.18 Å². The van der Waals surface area contributed by atoms with Gasteiger partial charge in [0.15, 0.2) is 6.61 Å². The SMILES string of the molecule is CNC(=O)COC(=O)N1CCN(c2ccc(F)c(Cl)c2)CC1. The van der Waals surface area contributed by atoms with Crippen molar-refractivity contribution in [3.63, 3.8) is 0 Å². The van der Waals surface area contributed by atoms with Gasteiger partial charge in [0.05, 0.1) is 5.02 Å². The second-order valence-corrected chi connectivity index (χ2v) is 5.21. The quantitative estimate of drug-likeness (QED) is 0.912. The summed E-state index contributed by atoms with van der Waals surface area (Å²) in [6.07, 6.45) is -0.514. The van der Waals surface area contributed by atoms with Gasteiger partial charge >= 0.3 is 6.09 Å². The van der Waals surface area contributed by atoms with Gasteiger partial charge in [-0.2, -0.15) is 0 Å². The highest BCUT2D eigenvalue weighted by atomic mass is 35.5. The summed E-state index contributed by atoms with van der Waals surface area (Å²) in [6.45, 7) is 1.79. The number of rotatable bonds is 3. The number of nitrogens with zero attached hydrogens (tertiary/aromatic N) is 2. The summed E-state index contributed by atoms with van der Waals surface area (Å²) in [4.78, 5) is 26.4. The lowest BCUT2D eigenvalue weighted by molar-refractivity contribution is -0.123. The molecular weight excluding hydrogens is 313 g/mol. The number of carbonyl (C=O) groups excluding carboxylic acids is 2. The normalized spacial score (nSPS) is 14.7. The maximum Gasteiger partial charge on any atom is 0.410 e. The molecule has 0 radical (unpaired) electrons. The van der Waals surface area contributed by atoms with E-state index >= 15 is 0 Å². The molecule has 1 aromatic rings. The van der Waals surface area contributed by atoms with E-state index in [1.165, 1.54) is 18.0 Å². The molecule has 0 unspecified atom stereocenters. The van der Waals surface area contributed by atoms with Crippen LogP contribution in [0.15, 0.2) is 18.2 Å². The van der Waals surface area contributed by atoms with Crippen LogP contribution in [0.2, 0.25) is 5.02 Å². The highest BCUT2D eigenvalue weighted by Gasteiger charge is 2.23. The molecule has 2 rings (SSSR count). The Hall–Kier alpha value is -2.02. The number of carbonyl (C=O) groups is 2. The van der Waals surface area contributed by atoms with Crippen LogP contribution >= 0.6 is 11.6 Å². The molecule has 1 saturated heterocycles. The largest absolute Gasteiger partial charge is 0.439 e. The first-order valence-electron chi connectivity index (χ1n) is 6.83. The van der Waals surface area contributed by atoms with Crippen LogP contribution < -0.4 is 10.2 Å². The summed E-state index contributed by atoms with van der Waals surface area (Å²) in [6, 6.07) is 4.54. The van der Waals surface area contributed by atoms with Crippen LogP contribution in [0.4, 0.5) is 14.9 Å². The number of ether oxygens (including phenoxy) is 1. The van der Waals surface area contributed by atoms with Crippen LogP contribution in [0, 0.1) is 5.82 Å². The Labute approximate surface area is 132 Å². The smallest absolute Gasteiger partial charge is 0.410 e. The summed E-state index contributed by atoms with van der Waals surface area (Å²) in [7, 11) is 1.47. The molecule has 0 spiro atoms. The van der Waals surface area contributed by atoms with E-state index in [1.807, 2.05) is 4.90 Å². The number of hydrogen-bond donors (Lipinski definition) is 1. The highest BCUT2D eigenvalue weighted by Crippen LogP contribution is 2.23. The number of piperazine rings is 1.